The summed E-state index contributed by atoms with van der Waals surface area (Å²) in [7, 11) is -2.46. The van der Waals surface area contributed by atoms with Gasteiger partial charge >= 0.3 is 0 Å². The first kappa shape index (κ1) is 22.1. The van der Waals surface area contributed by atoms with Crippen molar-refractivity contribution in [1.29, 1.82) is 0 Å². The van der Waals surface area contributed by atoms with E-state index >= 15 is 0 Å². The Morgan fingerprint density at radius 3 is 2.19 bits per heavy atom. The monoisotopic (exact) mass is 457 g/mol. The van der Waals surface area contributed by atoms with Crippen LogP contribution in [0.4, 0.5) is 5.69 Å². The maximum Gasteiger partial charge on any atom is 0.267 e. The van der Waals surface area contributed by atoms with Gasteiger partial charge in [-0.25, -0.2) is 12.7 Å². The highest BCUT2D eigenvalue weighted by Crippen LogP contribution is 2.29. The number of nitrogens with zero attached hydrogens (tertiary/aromatic N) is 3. The lowest BCUT2D eigenvalue weighted by atomic mass is 10.1. The zero-order valence-electron chi connectivity index (χ0n) is 18.2. The largest absolute Gasteiger partial charge is 0.497 e. The number of hydrogen-bond acceptors (Lipinski definition) is 6. The summed E-state index contributed by atoms with van der Waals surface area (Å²) in [6.45, 7) is 4.05. The first-order valence-corrected chi connectivity index (χ1v) is 12.1. The molecule has 0 radical (unpaired) electrons. The topological polar surface area (TPSA) is 87.2 Å². The standard InChI is InChI=1S/C23H27N3O5S/c1-17-3-9-20(10-4-17)32(29,30)26-21(11-12-22(26)27)23(28)25-15-13-24(14-16-25)18-5-7-19(31-2)8-6-18/h3-10,21H,11-16H2,1-2H3/t21-/m1/s1. The summed E-state index contributed by atoms with van der Waals surface area (Å²) in [6.07, 6.45) is 0.259. The van der Waals surface area contributed by atoms with Crippen molar-refractivity contribution in [3.05, 3.63) is 54.1 Å². The average Bonchev–Trinajstić information content (AvgIpc) is 3.21. The molecule has 2 amide bonds. The number of ether oxygens (including phenoxy) is 1. The number of methoxy groups -OCH3 is 1. The van der Waals surface area contributed by atoms with Crippen LogP contribution in [-0.2, 0) is 19.6 Å². The van der Waals surface area contributed by atoms with Gasteiger partial charge in [-0.15, -0.1) is 0 Å². The highest BCUT2D eigenvalue weighted by atomic mass is 32.2. The van der Waals surface area contributed by atoms with E-state index in [-0.39, 0.29) is 23.6 Å². The van der Waals surface area contributed by atoms with Crippen molar-refractivity contribution >= 4 is 27.5 Å². The molecule has 2 fully saturated rings. The van der Waals surface area contributed by atoms with Crippen molar-refractivity contribution in [2.45, 2.75) is 30.7 Å². The van der Waals surface area contributed by atoms with Gasteiger partial charge in [-0.3, -0.25) is 9.59 Å². The molecule has 2 heterocycles. The summed E-state index contributed by atoms with van der Waals surface area (Å²) in [5, 5.41) is 0. The van der Waals surface area contributed by atoms with E-state index in [0.717, 1.165) is 21.3 Å². The van der Waals surface area contributed by atoms with Crippen molar-refractivity contribution in [3.63, 3.8) is 0 Å². The zero-order chi connectivity index (χ0) is 22.9. The van der Waals surface area contributed by atoms with Gasteiger partial charge in [0.1, 0.15) is 11.8 Å². The maximum atomic E-state index is 13.2. The number of anilines is 1. The molecule has 2 aromatic carbocycles. The SMILES string of the molecule is COc1ccc(N2CCN(C(=O)[C@H]3CCC(=O)N3S(=O)(=O)c3ccc(C)cc3)CC2)cc1. The van der Waals surface area contributed by atoms with Gasteiger partial charge in [-0.05, 0) is 49.7 Å². The Kier molecular flexibility index (Phi) is 6.10. The third kappa shape index (κ3) is 4.17. The zero-order valence-corrected chi connectivity index (χ0v) is 19.0. The van der Waals surface area contributed by atoms with E-state index in [1.54, 1.807) is 24.1 Å². The van der Waals surface area contributed by atoms with Gasteiger partial charge in [-0.2, -0.15) is 0 Å². The molecular formula is C23H27N3O5S. The first-order chi connectivity index (χ1) is 15.3. The van der Waals surface area contributed by atoms with Crippen LogP contribution in [-0.4, -0.2) is 68.8 Å². The third-order valence-electron chi connectivity index (χ3n) is 6.05. The molecule has 0 N–H and O–H groups in total. The molecule has 0 aliphatic carbocycles. The fraction of sp³-hybridized carbons (Fsp3) is 0.391. The van der Waals surface area contributed by atoms with E-state index in [4.69, 9.17) is 4.74 Å². The van der Waals surface area contributed by atoms with Gasteiger partial charge in [0.2, 0.25) is 11.8 Å². The summed E-state index contributed by atoms with van der Waals surface area (Å²) < 4.78 is 32.3. The molecule has 2 aliphatic rings. The lowest BCUT2D eigenvalue weighted by Crippen LogP contribution is -2.55. The van der Waals surface area contributed by atoms with Crippen LogP contribution in [0.2, 0.25) is 0 Å². The lowest BCUT2D eigenvalue weighted by Gasteiger charge is -2.38. The van der Waals surface area contributed by atoms with Gasteiger partial charge in [-0.1, -0.05) is 17.7 Å². The smallest absolute Gasteiger partial charge is 0.267 e. The second kappa shape index (κ2) is 8.82. The van der Waals surface area contributed by atoms with Crippen LogP contribution in [0.1, 0.15) is 18.4 Å². The molecule has 0 spiro atoms. The molecular weight excluding hydrogens is 430 g/mol. The van der Waals surface area contributed by atoms with Crippen LogP contribution >= 0.6 is 0 Å². The Labute approximate surface area is 188 Å². The van der Waals surface area contributed by atoms with Crippen LogP contribution in [0.15, 0.2) is 53.4 Å². The second-order valence-electron chi connectivity index (χ2n) is 8.07. The van der Waals surface area contributed by atoms with Gasteiger partial charge < -0.3 is 14.5 Å². The van der Waals surface area contributed by atoms with Crippen molar-refractivity contribution in [2.24, 2.45) is 0 Å². The summed E-state index contributed by atoms with van der Waals surface area (Å²) in [6, 6.07) is 13.1. The molecule has 0 aromatic heterocycles. The lowest BCUT2D eigenvalue weighted by molar-refractivity contribution is -0.138. The summed E-state index contributed by atoms with van der Waals surface area (Å²) in [5.41, 5.74) is 1.96. The van der Waals surface area contributed by atoms with Crippen LogP contribution in [0, 0.1) is 6.92 Å². The van der Waals surface area contributed by atoms with Crippen LogP contribution in [0.3, 0.4) is 0 Å². The Morgan fingerprint density at radius 2 is 1.59 bits per heavy atom. The van der Waals surface area contributed by atoms with E-state index in [1.807, 2.05) is 31.2 Å². The molecule has 8 nitrogen and oxygen atoms in total. The fourth-order valence-corrected chi connectivity index (χ4v) is 5.80. The third-order valence-corrected chi connectivity index (χ3v) is 7.90. The molecule has 2 saturated heterocycles. The average molecular weight is 458 g/mol. The number of carbonyl (C=O) groups excluding carboxylic acids is 2. The minimum Gasteiger partial charge on any atom is -0.497 e. The Bertz CT molecular complexity index is 1090. The predicted octanol–water partition coefficient (Wildman–Crippen LogP) is 2.03. The molecule has 2 aliphatic heterocycles. The van der Waals surface area contributed by atoms with Gasteiger partial charge in [0.05, 0.1) is 12.0 Å². The minimum absolute atomic E-state index is 0.0282. The number of aryl methyl sites for hydroxylation is 1. The van der Waals surface area contributed by atoms with Crippen LogP contribution in [0.25, 0.3) is 0 Å². The number of sulfonamides is 1. The molecule has 0 saturated carbocycles. The van der Waals surface area contributed by atoms with Crippen LogP contribution < -0.4 is 9.64 Å². The summed E-state index contributed by atoms with van der Waals surface area (Å²) in [4.78, 5) is 29.6. The van der Waals surface area contributed by atoms with Crippen molar-refractivity contribution < 1.29 is 22.7 Å². The number of rotatable bonds is 5. The Hall–Kier alpha value is -3.07. The van der Waals surface area contributed by atoms with Gasteiger partial charge in [0.25, 0.3) is 10.0 Å². The number of benzene rings is 2. The molecule has 2 aromatic rings. The Morgan fingerprint density at radius 1 is 0.969 bits per heavy atom. The number of amides is 2. The van der Waals surface area contributed by atoms with Crippen molar-refractivity contribution in [2.75, 3.05) is 38.2 Å². The molecule has 170 valence electrons. The Balaban J connectivity index is 1.46. The highest BCUT2D eigenvalue weighted by Gasteiger charge is 2.45. The maximum absolute atomic E-state index is 13.2. The quantitative estimate of drug-likeness (QED) is 0.683. The predicted molar refractivity (Wildman–Crippen MR) is 120 cm³/mol. The minimum atomic E-state index is -4.08. The van der Waals surface area contributed by atoms with Gasteiger partial charge in [0, 0.05) is 38.3 Å². The number of hydrogen-bond donors (Lipinski definition) is 0. The summed E-state index contributed by atoms with van der Waals surface area (Å²) in [5.74, 6) is -0.0509. The molecule has 9 heteroatoms. The number of piperazine rings is 1. The fourth-order valence-electron chi connectivity index (χ4n) is 4.20. The van der Waals surface area contributed by atoms with Gasteiger partial charge in [0.15, 0.2) is 0 Å². The second-order valence-corrected chi connectivity index (χ2v) is 9.89. The highest BCUT2D eigenvalue weighted by molar-refractivity contribution is 7.89. The molecule has 0 bridgehead atoms. The van der Waals surface area contributed by atoms with Crippen LogP contribution in [0.5, 0.6) is 5.75 Å². The van der Waals surface area contributed by atoms with Crippen molar-refractivity contribution in [3.8, 4) is 5.75 Å². The molecule has 4 rings (SSSR count). The van der Waals surface area contributed by atoms with E-state index < -0.39 is 22.0 Å². The number of carbonyl (C=O) groups is 2. The summed E-state index contributed by atoms with van der Waals surface area (Å²) >= 11 is 0. The normalized spacial score (nSPS) is 19.4. The van der Waals surface area contributed by atoms with E-state index in [9.17, 15) is 18.0 Å². The van der Waals surface area contributed by atoms with E-state index in [1.165, 1.54) is 12.1 Å². The van der Waals surface area contributed by atoms with E-state index in [2.05, 4.69) is 4.90 Å². The van der Waals surface area contributed by atoms with Crippen molar-refractivity contribution in [1.82, 2.24) is 9.21 Å². The first-order valence-electron chi connectivity index (χ1n) is 10.6. The molecule has 32 heavy (non-hydrogen) atoms. The van der Waals surface area contributed by atoms with E-state index in [0.29, 0.717) is 26.2 Å². The molecule has 0 unspecified atom stereocenters. The molecule has 1 atom stereocenters.